The van der Waals surface area contributed by atoms with Gasteiger partial charge in [-0.2, -0.15) is 0 Å². The van der Waals surface area contributed by atoms with Gasteiger partial charge in [0.2, 0.25) is 0 Å². The minimum Gasteiger partial charge on any atom is -0.393 e. The Bertz CT molecular complexity index is 653. The van der Waals surface area contributed by atoms with Gasteiger partial charge in [0.25, 0.3) is 0 Å². The molecule has 0 aliphatic heterocycles. The quantitative estimate of drug-likeness (QED) is 0.634. The van der Waals surface area contributed by atoms with Crippen LogP contribution in [-0.4, -0.2) is 22.9 Å². The Labute approximate surface area is 163 Å². The molecule has 2 N–H and O–H groups in total. The van der Waals surface area contributed by atoms with Gasteiger partial charge in [-0.1, -0.05) is 38.8 Å². The molecule has 3 fully saturated rings. The first-order valence-corrected chi connectivity index (χ1v) is 11.2. The van der Waals surface area contributed by atoms with Gasteiger partial charge in [0, 0.05) is 0 Å². The van der Waals surface area contributed by atoms with Gasteiger partial charge in [0.05, 0.1) is 12.7 Å². The van der Waals surface area contributed by atoms with Crippen LogP contribution >= 0.6 is 0 Å². The van der Waals surface area contributed by atoms with Crippen LogP contribution in [0.1, 0.15) is 78.6 Å². The van der Waals surface area contributed by atoms with Gasteiger partial charge in [-0.05, 0) is 91.4 Å². The van der Waals surface area contributed by atoms with Crippen molar-refractivity contribution in [3.05, 3.63) is 23.0 Å². The fourth-order valence-corrected chi connectivity index (χ4v) is 7.85. The van der Waals surface area contributed by atoms with Crippen molar-refractivity contribution >= 4 is 0 Å². The third kappa shape index (κ3) is 2.87. The number of hydrogen-bond donors (Lipinski definition) is 2. The maximum Gasteiger partial charge on any atom is 0.125 e. The Morgan fingerprint density at radius 2 is 1.96 bits per heavy atom. The highest BCUT2D eigenvalue weighted by Gasteiger charge is 2.58. The van der Waals surface area contributed by atoms with Crippen molar-refractivity contribution in [2.24, 2.45) is 34.5 Å². The molecule has 3 heteroatoms. The zero-order chi connectivity index (χ0) is 19.4. The summed E-state index contributed by atoms with van der Waals surface area (Å²) in [6.07, 6.45) is 11.7. The zero-order valence-electron chi connectivity index (χ0n) is 17.3. The minimum atomic E-state index is -0.440. The summed E-state index contributed by atoms with van der Waals surface area (Å²) in [5.41, 5.74) is 2.57. The molecule has 3 saturated carbocycles. The van der Waals surface area contributed by atoms with Crippen LogP contribution in [0.25, 0.3) is 0 Å². The summed E-state index contributed by atoms with van der Waals surface area (Å²) in [7, 11) is 0. The lowest BCUT2D eigenvalue weighted by atomic mass is 9.46. The summed E-state index contributed by atoms with van der Waals surface area (Å²) in [6.45, 7) is 6.51. The normalized spacial score (nSPS) is 48.4. The second kappa shape index (κ2) is 6.99. The third-order valence-electron chi connectivity index (χ3n) is 9.19. The van der Waals surface area contributed by atoms with Crippen LogP contribution in [-0.2, 0) is 0 Å². The van der Waals surface area contributed by atoms with Gasteiger partial charge in [0.1, 0.15) is 5.83 Å². The second-order valence-electron chi connectivity index (χ2n) is 10.3. The Kier molecular flexibility index (Phi) is 5.08. The van der Waals surface area contributed by atoms with Crippen LogP contribution in [0.2, 0.25) is 0 Å². The maximum atomic E-state index is 14.4. The van der Waals surface area contributed by atoms with Crippen LogP contribution in [0.3, 0.4) is 0 Å². The number of aliphatic hydroxyl groups is 2. The van der Waals surface area contributed by atoms with E-state index in [1.165, 1.54) is 5.57 Å². The van der Waals surface area contributed by atoms with Crippen LogP contribution < -0.4 is 0 Å². The van der Waals surface area contributed by atoms with E-state index in [-0.39, 0.29) is 22.8 Å². The average Bonchev–Trinajstić information content (AvgIpc) is 2.99. The monoisotopic (exact) mass is 376 g/mol. The molecule has 0 unspecified atom stereocenters. The summed E-state index contributed by atoms with van der Waals surface area (Å²) < 4.78 is 14.4. The zero-order valence-corrected chi connectivity index (χ0v) is 17.3. The Balaban J connectivity index is 1.65. The van der Waals surface area contributed by atoms with E-state index in [0.29, 0.717) is 23.7 Å². The first-order valence-electron chi connectivity index (χ1n) is 11.2. The smallest absolute Gasteiger partial charge is 0.125 e. The highest BCUT2D eigenvalue weighted by Crippen LogP contribution is 2.67. The molecule has 27 heavy (non-hydrogen) atoms. The minimum absolute atomic E-state index is 0.0628. The fourth-order valence-electron chi connectivity index (χ4n) is 7.85. The van der Waals surface area contributed by atoms with E-state index >= 15 is 0 Å². The van der Waals surface area contributed by atoms with E-state index in [1.807, 2.05) is 0 Å². The van der Waals surface area contributed by atoms with Gasteiger partial charge >= 0.3 is 0 Å². The van der Waals surface area contributed by atoms with E-state index in [2.05, 4.69) is 26.8 Å². The topological polar surface area (TPSA) is 40.5 Å². The molecule has 0 bridgehead atoms. The first-order chi connectivity index (χ1) is 12.8. The van der Waals surface area contributed by atoms with Crippen molar-refractivity contribution in [1.82, 2.24) is 0 Å². The van der Waals surface area contributed by atoms with Gasteiger partial charge in [0.15, 0.2) is 0 Å². The van der Waals surface area contributed by atoms with Crippen LogP contribution in [0, 0.1) is 34.5 Å². The SMILES string of the molecule is CCC[C@@H]1C[C@@]2(C)C(=CC[C@@H]3[C@@H]2CC[C@]2(C)C(=C(F)CO)CC[C@@H]32)C[C@H]1O. The average molecular weight is 377 g/mol. The molecule has 0 spiro atoms. The maximum absolute atomic E-state index is 14.4. The molecule has 0 aromatic carbocycles. The number of fused-ring (bicyclic) bond motifs is 5. The van der Waals surface area contributed by atoms with Gasteiger partial charge in [-0.25, -0.2) is 4.39 Å². The molecular weight excluding hydrogens is 339 g/mol. The van der Waals surface area contributed by atoms with Crippen LogP contribution in [0.4, 0.5) is 4.39 Å². The Morgan fingerprint density at radius 1 is 1.22 bits per heavy atom. The van der Waals surface area contributed by atoms with Crippen molar-refractivity contribution in [3.8, 4) is 0 Å². The Hall–Kier alpha value is -0.670. The first kappa shape index (κ1) is 19.6. The number of hydrogen-bond acceptors (Lipinski definition) is 2. The van der Waals surface area contributed by atoms with Gasteiger partial charge in [-0.3, -0.25) is 0 Å². The highest BCUT2D eigenvalue weighted by atomic mass is 19.1. The molecule has 4 rings (SSSR count). The standard InChI is InChI=1S/C24H37FO2/c1-4-5-15-13-24(3)16(12-22(15)27)6-7-17-18-8-9-20(21(25)14-26)23(18,2)11-10-19(17)24/h6,15,17-19,22,26-27H,4-5,7-14H2,1-3H3/t15-,17+,18+,19+,22-,23+,24+/m1/s1. The largest absolute Gasteiger partial charge is 0.393 e. The lowest BCUT2D eigenvalue weighted by molar-refractivity contribution is -0.0478. The lowest BCUT2D eigenvalue weighted by Crippen LogP contribution is -2.51. The lowest BCUT2D eigenvalue weighted by Gasteiger charge is -2.58. The summed E-state index contributed by atoms with van der Waals surface area (Å²) in [5, 5.41) is 20.0. The highest BCUT2D eigenvalue weighted by molar-refractivity contribution is 5.31. The molecule has 4 aliphatic rings. The molecule has 0 saturated heterocycles. The molecule has 152 valence electrons. The second-order valence-corrected chi connectivity index (χ2v) is 10.3. The summed E-state index contributed by atoms with van der Waals surface area (Å²) in [5.74, 6) is 1.99. The van der Waals surface area contributed by atoms with Crippen molar-refractivity contribution in [2.75, 3.05) is 6.61 Å². The number of halogens is 1. The predicted octanol–water partition coefficient (Wildman–Crippen LogP) is 5.55. The van der Waals surface area contributed by atoms with E-state index in [1.54, 1.807) is 0 Å². The van der Waals surface area contributed by atoms with Crippen molar-refractivity contribution in [1.29, 1.82) is 0 Å². The molecule has 2 nitrogen and oxygen atoms in total. The molecule has 0 heterocycles. The molecule has 0 aromatic rings. The third-order valence-corrected chi connectivity index (χ3v) is 9.19. The molecule has 4 aliphatic carbocycles. The number of aliphatic hydroxyl groups excluding tert-OH is 2. The molecule has 7 atom stereocenters. The van der Waals surface area contributed by atoms with Gasteiger partial charge in [-0.15, -0.1) is 0 Å². The van der Waals surface area contributed by atoms with Crippen molar-refractivity contribution in [3.63, 3.8) is 0 Å². The Morgan fingerprint density at radius 3 is 2.67 bits per heavy atom. The summed E-state index contributed by atoms with van der Waals surface area (Å²) >= 11 is 0. The van der Waals surface area contributed by atoms with E-state index < -0.39 is 6.61 Å². The predicted molar refractivity (Wildman–Crippen MR) is 107 cm³/mol. The molecular formula is C24H37FO2. The number of rotatable bonds is 3. The summed E-state index contributed by atoms with van der Waals surface area (Å²) in [4.78, 5) is 0. The van der Waals surface area contributed by atoms with Crippen LogP contribution in [0.5, 0.6) is 0 Å². The van der Waals surface area contributed by atoms with Crippen molar-refractivity contribution < 1.29 is 14.6 Å². The van der Waals surface area contributed by atoms with Crippen molar-refractivity contribution in [2.45, 2.75) is 84.7 Å². The van der Waals surface area contributed by atoms with Gasteiger partial charge < -0.3 is 10.2 Å². The molecule has 0 radical (unpaired) electrons. The van der Waals surface area contributed by atoms with E-state index in [4.69, 9.17) is 0 Å². The van der Waals surface area contributed by atoms with E-state index in [9.17, 15) is 14.6 Å². The molecule has 0 amide bonds. The fraction of sp³-hybridized carbons (Fsp3) is 0.833. The molecule has 0 aromatic heterocycles. The number of allylic oxidation sites excluding steroid dienone is 2. The van der Waals surface area contributed by atoms with Crippen LogP contribution in [0.15, 0.2) is 23.0 Å². The summed E-state index contributed by atoms with van der Waals surface area (Å²) in [6, 6.07) is 0. The van der Waals surface area contributed by atoms with E-state index in [0.717, 1.165) is 63.4 Å².